The van der Waals surface area contributed by atoms with E-state index in [2.05, 4.69) is 20.2 Å². The average molecular weight is 524 g/mol. The number of halogens is 3. The Labute approximate surface area is 205 Å². The topological polar surface area (TPSA) is 117 Å². The first-order chi connectivity index (χ1) is 17.0. The number of nitriles is 1. The number of sulfonamides is 1. The summed E-state index contributed by atoms with van der Waals surface area (Å²) in [5, 5.41) is 17.1. The van der Waals surface area contributed by atoms with Crippen LogP contribution >= 0.6 is 0 Å². The van der Waals surface area contributed by atoms with Gasteiger partial charge in [-0.3, -0.25) is 0 Å². The molecule has 192 valence electrons. The zero-order valence-electron chi connectivity index (χ0n) is 19.7. The van der Waals surface area contributed by atoms with Crippen LogP contribution in [0.1, 0.15) is 17.7 Å². The molecule has 0 saturated carbocycles. The van der Waals surface area contributed by atoms with Gasteiger partial charge < -0.3 is 9.64 Å². The maximum Gasteiger partial charge on any atom is 0.419 e. The maximum atomic E-state index is 13.9. The number of piperazine rings is 1. The summed E-state index contributed by atoms with van der Waals surface area (Å²) in [6.45, 7) is 2.55. The average Bonchev–Trinajstić information content (AvgIpc) is 3.21. The molecular formula is C22H24F3N7O3S. The second-order valence-corrected chi connectivity index (χ2v) is 10.4. The van der Waals surface area contributed by atoms with Gasteiger partial charge in [0.1, 0.15) is 17.3 Å². The lowest BCUT2D eigenvalue weighted by molar-refractivity contribution is -0.138. The quantitative estimate of drug-likeness (QED) is 0.433. The van der Waals surface area contributed by atoms with Crippen molar-refractivity contribution in [1.82, 2.24) is 29.2 Å². The van der Waals surface area contributed by atoms with Crippen LogP contribution < -0.4 is 4.74 Å². The molecule has 0 atom stereocenters. The third kappa shape index (κ3) is 5.58. The van der Waals surface area contributed by atoms with E-state index in [0.717, 1.165) is 6.07 Å². The van der Waals surface area contributed by atoms with Gasteiger partial charge in [0, 0.05) is 45.3 Å². The van der Waals surface area contributed by atoms with E-state index in [1.54, 1.807) is 7.05 Å². The van der Waals surface area contributed by atoms with E-state index in [1.165, 1.54) is 33.4 Å². The van der Waals surface area contributed by atoms with E-state index >= 15 is 0 Å². The first-order valence-electron chi connectivity index (χ1n) is 11.1. The van der Waals surface area contributed by atoms with Crippen molar-refractivity contribution < 1.29 is 26.3 Å². The van der Waals surface area contributed by atoms with Gasteiger partial charge in [0.25, 0.3) is 0 Å². The van der Waals surface area contributed by atoms with Crippen LogP contribution in [0.25, 0.3) is 22.3 Å². The molecule has 14 heteroatoms. The van der Waals surface area contributed by atoms with E-state index in [0.29, 0.717) is 44.7 Å². The second-order valence-electron chi connectivity index (χ2n) is 8.46. The molecule has 4 rings (SSSR count). The zero-order chi connectivity index (χ0) is 26.1. The van der Waals surface area contributed by atoms with E-state index < -0.39 is 21.8 Å². The number of aryl methyl sites for hydroxylation is 1. The van der Waals surface area contributed by atoms with Crippen molar-refractivity contribution in [3.05, 3.63) is 35.5 Å². The van der Waals surface area contributed by atoms with Gasteiger partial charge in [0.2, 0.25) is 10.0 Å². The van der Waals surface area contributed by atoms with Crippen LogP contribution in [0.5, 0.6) is 5.75 Å². The number of fused-ring (bicyclic) bond motifs is 1. The van der Waals surface area contributed by atoms with Gasteiger partial charge in [0.15, 0.2) is 5.69 Å². The Morgan fingerprint density at radius 2 is 1.89 bits per heavy atom. The van der Waals surface area contributed by atoms with Gasteiger partial charge in [0.05, 0.1) is 29.6 Å². The Hall–Kier alpha value is -3.28. The van der Waals surface area contributed by atoms with Crippen LogP contribution in [0.4, 0.5) is 13.2 Å². The van der Waals surface area contributed by atoms with Gasteiger partial charge in [-0.2, -0.15) is 22.7 Å². The molecule has 0 bridgehead atoms. The molecule has 36 heavy (non-hydrogen) atoms. The van der Waals surface area contributed by atoms with Crippen molar-refractivity contribution in [3.8, 4) is 23.1 Å². The summed E-state index contributed by atoms with van der Waals surface area (Å²) in [5.74, 6) is -0.295. The summed E-state index contributed by atoms with van der Waals surface area (Å²) in [4.78, 5) is 6.23. The predicted octanol–water partition coefficient (Wildman–Crippen LogP) is 2.27. The molecule has 3 aromatic rings. The van der Waals surface area contributed by atoms with Gasteiger partial charge in [-0.25, -0.2) is 18.1 Å². The largest absolute Gasteiger partial charge is 0.493 e. The highest BCUT2D eigenvalue weighted by Crippen LogP contribution is 2.39. The summed E-state index contributed by atoms with van der Waals surface area (Å²) in [7, 11) is -1.60. The molecule has 1 aromatic carbocycles. The molecule has 10 nitrogen and oxygen atoms in total. The van der Waals surface area contributed by atoms with E-state index in [4.69, 9.17) is 4.74 Å². The molecule has 3 heterocycles. The highest BCUT2D eigenvalue weighted by atomic mass is 32.2. The lowest BCUT2D eigenvalue weighted by atomic mass is 10.1. The van der Waals surface area contributed by atoms with Crippen LogP contribution in [0, 0.1) is 11.3 Å². The minimum atomic E-state index is -4.66. The number of nitrogens with zero attached hydrogens (tertiary/aromatic N) is 7. The Kier molecular flexibility index (Phi) is 7.17. The van der Waals surface area contributed by atoms with E-state index in [9.17, 15) is 26.9 Å². The molecule has 1 saturated heterocycles. The summed E-state index contributed by atoms with van der Waals surface area (Å²) in [5.41, 5.74) is 0.153. The van der Waals surface area contributed by atoms with Crippen molar-refractivity contribution >= 4 is 21.1 Å². The van der Waals surface area contributed by atoms with E-state index in [-0.39, 0.29) is 34.8 Å². The van der Waals surface area contributed by atoms with Crippen LogP contribution in [0.3, 0.4) is 0 Å². The smallest absolute Gasteiger partial charge is 0.419 e. The Bertz CT molecular complexity index is 1410. The maximum absolute atomic E-state index is 13.9. The van der Waals surface area contributed by atoms with Crippen LogP contribution in [-0.2, 0) is 23.2 Å². The lowest BCUT2D eigenvalue weighted by Crippen LogP contribution is -2.48. The SMILES string of the molecule is Cn1nnc2c(C#N)nc(-c3ccc(OCCCN4CCN(S(C)(=O)=O)CC4)c(C(F)(F)F)c3)cc21. The number of hydrogen-bond donors (Lipinski definition) is 0. The molecule has 2 aromatic heterocycles. The zero-order valence-corrected chi connectivity index (χ0v) is 20.5. The number of benzene rings is 1. The van der Waals surface area contributed by atoms with Gasteiger partial charge >= 0.3 is 6.18 Å². The van der Waals surface area contributed by atoms with Crippen molar-refractivity contribution in [2.24, 2.45) is 7.05 Å². The van der Waals surface area contributed by atoms with Crippen LogP contribution in [0.2, 0.25) is 0 Å². The number of ether oxygens (including phenoxy) is 1. The first-order valence-corrected chi connectivity index (χ1v) is 12.9. The lowest BCUT2D eigenvalue weighted by Gasteiger charge is -2.33. The van der Waals surface area contributed by atoms with Gasteiger partial charge in [-0.1, -0.05) is 5.21 Å². The minimum Gasteiger partial charge on any atom is -0.493 e. The van der Waals surface area contributed by atoms with Crippen molar-refractivity contribution in [3.63, 3.8) is 0 Å². The molecule has 0 radical (unpaired) electrons. The first kappa shape index (κ1) is 25.8. The highest BCUT2D eigenvalue weighted by Gasteiger charge is 2.35. The Morgan fingerprint density at radius 1 is 1.17 bits per heavy atom. The molecule has 0 spiro atoms. The molecule has 0 unspecified atom stereocenters. The third-order valence-electron chi connectivity index (χ3n) is 5.96. The minimum absolute atomic E-state index is 0.0261. The molecular weight excluding hydrogens is 499 g/mol. The second kappa shape index (κ2) is 10.00. The Balaban J connectivity index is 1.46. The fourth-order valence-electron chi connectivity index (χ4n) is 4.05. The van der Waals surface area contributed by atoms with E-state index in [1.807, 2.05) is 6.07 Å². The van der Waals surface area contributed by atoms with Crippen LogP contribution in [0.15, 0.2) is 24.3 Å². The highest BCUT2D eigenvalue weighted by molar-refractivity contribution is 7.88. The molecule has 0 amide bonds. The normalized spacial score (nSPS) is 15.8. The Morgan fingerprint density at radius 3 is 2.53 bits per heavy atom. The predicted molar refractivity (Wildman–Crippen MR) is 124 cm³/mol. The van der Waals surface area contributed by atoms with Crippen molar-refractivity contribution in [1.29, 1.82) is 5.26 Å². The van der Waals surface area contributed by atoms with Crippen molar-refractivity contribution in [2.75, 3.05) is 45.6 Å². The third-order valence-corrected chi connectivity index (χ3v) is 7.27. The monoisotopic (exact) mass is 523 g/mol. The fraction of sp³-hybridized carbons (Fsp3) is 0.455. The number of pyridine rings is 1. The number of alkyl halides is 3. The van der Waals surface area contributed by atoms with Crippen LogP contribution in [-0.4, -0.2) is 83.2 Å². The standard InChI is InChI=1S/C22H24F3N7O3S/c1-30-19-13-17(27-18(14-26)21(19)28-29-30)15-4-5-20(16(12-15)22(23,24)25)35-11-3-6-31-7-9-32(10-8-31)36(2,33)34/h4-5,12-13H,3,6-11H2,1-2H3. The molecule has 0 aliphatic carbocycles. The number of hydrogen-bond acceptors (Lipinski definition) is 8. The molecule has 1 aliphatic rings. The van der Waals surface area contributed by atoms with Gasteiger partial charge in [-0.05, 0) is 30.7 Å². The van der Waals surface area contributed by atoms with Gasteiger partial charge in [-0.15, -0.1) is 5.10 Å². The number of aromatic nitrogens is 4. The number of rotatable bonds is 7. The fourth-order valence-corrected chi connectivity index (χ4v) is 4.87. The summed E-state index contributed by atoms with van der Waals surface area (Å²) in [6.07, 6.45) is -3.01. The molecule has 0 N–H and O–H groups in total. The summed E-state index contributed by atoms with van der Waals surface area (Å²) in [6, 6.07) is 7.12. The van der Waals surface area contributed by atoms with Crippen molar-refractivity contribution in [2.45, 2.75) is 12.6 Å². The molecule has 1 aliphatic heterocycles. The summed E-state index contributed by atoms with van der Waals surface area (Å²) >= 11 is 0. The molecule has 1 fully saturated rings. The summed E-state index contributed by atoms with van der Waals surface area (Å²) < 4.78 is 73.1.